The van der Waals surface area contributed by atoms with Gasteiger partial charge in [0, 0.05) is 30.6 Å². The molecule has 5 rings (SSSR count). The molecule has 0 aliphatic carbocycles. The normalized spacial score (nSPS) is 18.1. The van der Waals surface area contributed by atoms with Crippen LogP contribution in [0.25, 0.3) is 17.0 Å². The van der Waals surface area contributed by atoms with Gasteiger partial charge in [0.2, 0.25) is 0 Å². The van der Waals surface area contributed by atoms with Gasteiger partial charge in [0.15, 0.2) is 0 Å². The molecule has 2 aromatic carbocycles. The summed E-state index contributed by atoms with van der Waals surface area (Å²) in [5.41, 5.74) is 4.56. The molecule has 2 fully saturated rings. The zero-order valence-electron chi connectivity index (χ0n) is 19.9. The fraction of sp³-hybridized carbons (Fsp3) is 0.276. The molecule has 0 spiro atoms. The Balaban J connectivity index is 1.44. The summed E-state index contributed by atoms with van der Waals surface area (Å²) in [4.78, 5) is 22.7. The van der Waals surface area contributed by atoms with E-state index in [0.717, 1.165) is 54.6 Å². The van der Waals surface area contributed by atoms with E-state index < -0.39 is 0 Å². The fourth-order valence-electron chi connectivity index (χ4n) is 4.89. The first kappa shape index (κ1) is 23.8. The lowest BCUT2D eigenvalue weighted by molar-refractivity contribution is -0.121. The van der Waals surface area contributed by atoms with Gasteiger partial charge in [-0.1, -0.05) is 72.0 Å². The highest BCUT2D eigenvalue weighted by Gasteiger charge is 2.32. The van der Waals surface area contributed by atoms with Gasteiger partial charge in [-0.25, -0.2) is 4.98 Å². The van der Waals surface area contributed by atoms with Gasteiger partial charge in [0.05, 0.1) is 10.4 Å². The van der Waals surface area contributed by atoms with E-state index in [1.807, 2.05) is 6.08 Å². The van der Waals surface area contributed by atoms with E-state index in [0.29, 0.717) is 21.7 Å². The number of rotatable bonds is 6. The molecule has 2 saturated heterocycles. The van der Waals surface area contributed by atoms with Crippen LogP contribution in [0.5, 0.6) is 0 Å². The number of amides is 1. The largest absolute Gasteiger partial charge is 0.356 e. The van der Waals surface area contributed by atoms with Gasteiger partial charge in [-0.15, -0.1) is 6.58 Å². The van der Waals surface area contributed by atoms with Crippen LogP contribution in [0.2, 0.25) is 0 Å². The van der Waals surface area contributed by atoms with Gasteiger partial charge in [-0.05, 0) is 61.9 Å². The molecule has 0 saturated carbocycles. The summed E-state index contributed by atoms with van der Waals surface area (Å²) in [5.74, 6) is 1.57. The number of benzene rings is 2. The molecule has 0 radical (unpaired) electrons. The average molecular weight is 500 g/mol. The van der Waals surface area contributed by atoms with Gasteiger partial charge in [0.25, 0.3) is 5.91 Å². The lowest BCUT2D eigenvalue weighted by Gasteiger charge is -2.34. The standard InChI is InChI=1S/C29H29N3OS2/c1-3-13-32-28(33)26(35-29(32)34)19-24-18-23-16-20(2)9-10-25(23)30-27(24)31-14-11-22(12-15-31)17-21-7-5-4-6-8-21/h3-10,16,18-19,22H,1,11-15,17H2,2H3/b26-19-. The van der Waals surface area contributed by atoms with Crippen molar-refractivity contribution < 1.29 is 4.79 Å². The summed E-state index contributed by atoms with van der Waals surface area (Å²) in [6.45, 7) is 8.19. The molecule has 2 aliphatic heterocycles. The Morgan fingerprint density at radius 2 is 1.91 bits per heavy atom. The number of pyridine rings is 1. The SMILES string of the molecule is C=CCN1C(=O)/C(=C/c2cc3cc(C)ccc3nc2N2CCC(Cc3ccccc3)CC2)SC1=S. The lowest BCUT2D eigenvalue weighted by atomic mass is 9.90. The molecule has 0 bridgehead atoms. The third-order valence-corrected chi connectivity index (χ3v) is 8.11. The predicted molar refractivity (Wildman–Crippen MR) is 152 cm³/mol. The van der Waals surface area contributed by atoms with Crippen LogP contribution in [0.3, 0.4) is 0 Å². The van der Waals surface area contributed by atoms with Gasteiger partial charge in [0.1, 0.15) is 10.1 Å². The Labute approximate surface area is 216 Å². The number of nitrogens with zero attached hydrogens (tertiary/aromatic N) is 3. The predicted octanol–water partition coefficient (Wildman–Crippen LogP) is 6.39. The van der Waals surface area contributed by atoms with Crippen LogP contribution in [0.4, 0.5) is 5.82 Å². The Bertz CT molecular complexity index is 1310. The molecule has 0 unspecified atom stereocenters. The average Bonchev–Trinajstić information content (AvgIpc) is 3.12. The molecule has 3 heterocycles. The number of anilines is 1. The maximum Gasteiger partial charge on any atom is 0.266 e. The second-order valence-electron chi connectivity index (χ2n) is 9.30. The summed E-state index contributed by atoms with van der Waals surface area (Å²) in [7, 11) is 0. The highest BCUT2D eigenvalue weighted by molar-refractivity contribution is 8.26. The lowest BCUT2D eigenvalue weighted by Crippen LogP contribution is -2.35. The molecule has 1 amide bonds. The Hall–Kier alpha value is -2.96. The number of hydrogen-bond donors (Lipinski definition) is 0. The van der Waals surface area contributed by atoms with Crippen molar-refractivity contribution in [2.24, 2.45) is 5.92 Å². The van der Waals surface area contributed by atoms with E-state index in [4.69, 9.17) is 17.2 Å². The second kappa shape index (κ2) is 10.3. The van der Waals surface area contributed by atoms with Gasteiger partial charge in [-0.2, -0.15) is 0 Å². The number of carbonyl (C=O) groups is 1. The minimum absolute atomic E-state index is 0.0586. The zero-order valence-corrected chi connectivity index (χ0v) is 21.6. The monoisotopic (exact) mass is 499 g/mol. The number of hydrogen-bond acceptors (Lipinski definition) is 5. The van der Waals surface area contributed by atoms with E-state index in [2.05, 4.69) is 73.0 Å². The maximum atomic E-state index is 13.0. The number of piperidine rings is 1. The highest BCUT2D eigenvalue weighted by Crippen LogP contribution is 2.36. The summed E-state index contributed by atoms with van der Waals surface area (Å²) < 4.78 is 0.578. The number of fused-ring (bicyclic) bond motifs is 1. The zero-order chi connectivity index (χ0) is 24.4. The molecular formula is C29H29N3OS2. The van der Waals surface area contributed by atoms with Crippen molar-refractivity contribution >= 4 is 57.0 Å². The van der Waals surface area contributed by atoms with Crippen LogP contribution in [-0.4, -0.2) is 39.7 Å². The van der Waals surface area contributed by atoms with Crippen LogP contribution >= 0.6 is 24.0 Å². The third-order valence-electron chi connectivity index (χ3n) is 6.73. The van der Waals surface area contributed by atoms with Crippen LogP contribution < -0.4 is 4.90 Å². The smallest absolute Gasteiger partial charge is 0.266 e. The van der Waals surface area contributed by atoms with Gasteiger partial charge < -0.3 is 4.90 Å². The Morgan fingerprint density at radius 3 is 2.66 bits per heavy atom. The van der Waals surface area contributed by atoms with Crippen molar-refractivity contribution in [2.45, 2.75) is 26.2 Å². The topological polar surface area (TPSA) is 36.4 Å². The first-order chi connectivity index (χ1) is 17.0. The maximum absolute atomic E-state index is 13.0. The molecule has 6 heteroatoms. The summed E-state index contributed by atoms with van der Waals surface area (Å²) in [5, 5.41) is 1.08. The van der Waals surface area contributed by atoms with Gasteiger partial charge in [-0.3, -0.25) is 9.69 Å². The number of aryl methyl sites for hydroxylation is 1. The van der Waals surface area contributed by atoms with Crippen molar-refractivity contribution in [3.63, 3.8) is 0 Å². The van der Waals surface area contributed by atoms with Gasteiger partial charge >= 0.3 is 0 Å². The quantitative estimate of drug-likeness (QED) is 0.223. The Morgan fingerprint density at radius 1 is 1.14 bits per heavy atom. The second-order valence-corrected chi connectivity index (χ2v) is 11.0. The summed E-state index contributed by atoms with van der Waals surface area (Å²) >= 11 is 6.81. The first-order valence-electron chi connectivity index (χ1n) is 12.1. The molecule has 35 heavy (non-hydrogen) atoms. The molecule has 1 aromatic heterocycles. The number of thiocarbonyl (C=S) groups is 1. The molecule has 4 nitrogen and oxygen atoms in total. The molecule has 0 N–H and O–H groups in total. The Kier molecular flexibility index (Phi) is 7.02. The van der Waals surface area contributed by atoms with E-state index >= 15 is 0 Å². The third kappa shape index (κ3) is 5.19. The summed E-state index contributed by atoms with van der Waals surface area (Å²) in [6.07, 6.45) is 7.06. The van der Waals surface area contributed by atoms with E-state index in [9.17, 15) is 4.79 Å². The molecule has 0 atom stereocenters. The summed E-state index contributed by atoms with van der Waals surface area (Å²) in [6, 6.07) is 19.3. The van der Waals surface area contributed by atoms with E-state index in [1.54, 1.807) is 11.0 Å². The van der Waals surface area contributed by atoms with Crippen LogP contribution in [0.15, 0.2) is 72.2 Å². The fourth-order valence-corrected chi connectivity index (χ4v) is 6.15. The van der Waals surface area contributed by atoms with Crippen LogP contribution in [0.1, 0.15) is 29.5 Å². The van der Waals surface area contributed by atoms with Crippen molar-refractivity contribution in [2.75, 3.05) is 24.5 Å². The van der Waals surface area contributed by atoms with E-state index in [-0.39, 0.29) is 5.91 Å². The number of aromatic nitrogens is 1. The minimum atomic E-state index is -0.0586. The molecule has 2 aliphatic rings. The minimum Gasteiger partial charge on any atom is -0.356 e. The number of thioether (sulfide) groups is 1. The molecule has 3 aromatic rings. The van der Waals surface area contributed by atoms with Crippen LogP contribution in [-0.2, 0) is 11.2 Å². The molecular weight excluding hydrogens is 470 g/mol. The van der Waals surface area contributed by atoms with Crippen molar-refractivity contribution in [3.05, 3.63) is 88.8 Å². The van der Waals surface area contributed by atoms with Crippen LogP contribution in [0, 0.1) is 12.8 Å². The van der Waals surface area contributed by atoms with Crippen molar-refractivity contribution in [1.82, 2.24) is 9.88 Å². The molecule has 178 valence electrons. The van der Waals surface area contributed by atoms with E-state index in [1.165, 1.54) is 22.9 Å². The first-order valence-corrected chi connectivity index (χ1v) is 13.3. The van der Waals surface area contributed by atoms with Crippen molar-refractivity contribution in [1.29, 1.82) is 0 Å². The number of carbonyl (C=O) groups excluding carboxylic acids is 1. The van der Waals surface area contributed by atoms with Crippen molar-refractivity contribution in [3.8, 4) is 0 Å². The highest BCUT2D eigenvalue weighted by atomic mass is 32.2.